The van der Waals surface area contributed by atoms with Crippen LogP contribution < -0.4 is 10.2 Å². The van der Waals surface area contributed by atoms with Gasteiger partial charge in [-0.2, -0.15) is 13.2 Å². The standard InChI is InChI=1S/C26H23ClF3N3O3/c1-17(34)32-12-14-33(15-13-32)25-21(27)6-3-7-22(25)31-24(35)11-9-20-8-10-23(36-20)18-4-2-5-19(16-18)26(28,29)30/h2-11,16H,12-15H2,1H3,(H,31,35)/b11-9+. The van der Waals surface area contributed by atoms with Crippen molar-refractivity contribution in [3.05, 3.63) is 77.0 Å². The normalized spacial score (nSPS) is 14.4. The highest BCUT2D eigenvalue weighted by molar-refractivity contribution is 6.34. The zero-order valence-corrected chi connectivity index (χ0v) is 20.1. The molecule has 1 aliphatic heterocycles. The first-order valence-electron chi connectivity index (χ1n) is 11.2. The second kappa shape index (κ2) is 10.5. The quantitative estimate of drug-likeness (QED) is 0.425. The molecule has 1 N–H and O–H groups in total. The number of furan rings is 1. The van der Waals surface area contributed by atoms with E-state index in [2.05, 4.69) is 5.32 Å². The fourth-order valence-corrected chi connectivity index (χ4v) is 4.26. The lowest BCUT2D eigenvalue weighted by molar-refractivity contribution is -0.137. The summed E-state index contributed by atoms with van der Waals surface area (Å²) in [6.45, 7) is 3.80. The largest absolute Gasteiger partial charge is 0.457 e. The Morgan fingerprint density at radius 1 is 1.03 bits per heavy atom. The van der Waals surface area contributed by atoms with E-state index in [1.54, 1.807) is 35.2 Å². The van der Waals surface area contributed by atoms with E-state index in [1.165, 1.54) is 31.2 Å². The third kappa shape index (κ3) is 5.91. The fraction of sp³-hybridized carbons (Fsp3) is 0.231. The summed E-state index contributed by atoms with van der Waals surface area (Å²) in [5.41, 5.74) is 0.710. The van der Waals surface area contributed by atoms with Crippen LogP contribution in [-0.4, -0.2) is 42.9 Å². The molecule has 1 fully saturated rings. The maximum atomic E-state index is 13.0. The highest BCUT2D eigenvalue weighted by Gasteiger charge is 2.30. The number of carbonyl (C=O) groups excluding carboxylic acids is 2. The lowest BCUT2D eigenvalue weighted by Crippen LogP contribution is -2.48. The summed E-state index contributed by atoms with van der Waals surface area (Å²) in [6, 6.07) is 13.1. The molecular formula is C26H23ClF3N3O3. The van der Waals surface area contributed by atoms with Crippen LogP contribution in [0, 0.1) is 0 Å². The molecule has 2 heterocycles. The number of alkyl halides is 3. The maximum Gasteiger partial charge on any atom is 0.416 e. The molecule has 0 saturated carbocycles. The van der Waals surface area contributed by atoms with E-state index in [1.807, 2.05) is 4.90 Å². The van der Waals surface area contributed by atoms with Crippen LogP contribution in [0.4, 0.5) is 24.5 Å². The highest BCUT2D eigenvalue weighted by Crippen LogP contribution is 2.35. The summed E-state index contributed by atoms with van der Waals surface area (Å²) in [6.07, 6.45) is -1.75. The second-order valence-corrected chi connectivity index (χ2v) is 8.64. The first kappa shape index (κ1) is 25.4. The smallest absolute Gasteiger partial charge is 0.416 e. The van der Waals surface area contributed by atoms with E-state index in [0.717, 1.165) is 12.1 Å². The van der Waals surface area contributed by atoms with Gasteiger partial charge < -0.3 is 19.5 Å². The molecule has 2 aromatic carbocycles. The highest BCUT2D eigenvalue weighted by atomic mass is 35.5. The molecule has 0 aliphatic carbocycles. The van der Waals surface area contributed by atoms with Crippen LogP contribution in [0.2, 0.25) is 5.02 Å². The van der Waals surface area contributed by atoms with Gasteiger partial charge in [-0.25, -0.2) is 0 Å². The molecule has 0 bridgehead atoms. The summed E-state index contributed by atoms with van der Waals surface area (Å²) in [5, 5.41) is 3.29. The average molecular weight is 518 g/mol. The van der Waals surface area contributed by atoms with Crippen molar-refractivity contribution < 1.29 is 27.2 Å². The summed E-state index contributed by atoms with van der Waals surface area (Å²) in [7, 11) is 0. The molecule has 6 nitrogen and oxygen atoms in total. The van der Waals surface area contributed by atoms with Gasteiger partial charge in [-0.1, -0.05) is 29.8 Å². The Labute approximate surface area is 210 Å². The summed E-state index contributed by atoms with van der Waals surface area (Å²) >= 11 is 6.44. The number of carbonyl (C=O) groups is 2. The van der Waals surface area contributed by atoms with E-state index in [-0.39, 0.29) is 17.2 Å². The number of nitrogens with zero attached hydrogens (tertiary/aromatic N) is 2. The van der Waals surface area contributed by atoms with Crippen LogP contribution in [-0.2, 0) is 15.8 Å². The van der Waals surface area contributed by atoms with Crippen molar-refractivity contribution >= 4 is 40.9 Å². The Kier molecular flexibility index (Phi) is 7.40. The van der Waals surface area contributed by atoms with Crippen molar-refractivity contribution in [3.63, 3.8) is 0 Å². The number of amides is 2. The number of rotatable bonds is 5. The molecule has 0 radical (unpaired) electrons. The van der Waals surface area contributed by atoms with Crippen molar-refractivity contribution in [1.82, 2.24) is 4.90 Å². The Hall–Kier alpha value is -3.72. The van der Waals surface area contributed by atoms with Gasteiger partial charge >= 0.3 is 6.18 Å². The zero-order valence-electron chi connectivity index (χ0n) is 19.3. The number of nitrogens with one attached hydrogen (secondary N) is 1. The first-order chi connectivity index (χ1) is 17.1. The predicted molar refractivity (Wildman–Crippen MR) is 133 cm³/mol. The molecule has 4 rings (SSSR count). The van der Waals surface area contributed by atoms with E-state index in [9.17, 15) is 22.8 Å². The molecule has 10 heteroatoms. The molecular weight excluding hydrogens is 495 g/mol. The topological polar surface area (TPSA) is 65.8 Å². The SMILES string of the molecule is CC(=O)N1CCN(c2c(Cl)cccc2NC(=O)/C=C/c2ccc(-c3cccc(C(F)(F)F)c3)o2)CC1. The average Bonchev–Trinajstić information content (AvgIpc) is 3.32. The monoisotopic (exact) mass is 517 g/mol. The van der Waals surface area contributed by atoms with Gasteiger partial charge in [0.25, 0.3) is 0 Å². The van der Waals surface area contributed by atoms with Gasteiger partial charge in [-0.15, -0.1) is 0 Å². The van der Waals surface area contributed by atoms with Gasteiger partial charge in [0.1, 0.15) is 11.5 Å². The Bertz CT molecular complexity index is 1290. The Morgan fingerprint density at radius 2 is 1.75 bits per heavy atom. The predicted octanol–water partition coefficient (Wildman–Crippen LogP) is 5.94. The number of benzene rings is 2. The van der Waals surface area contributed by atoms with Gasteiger partial charge in [-0.3, -0.25) is 9.59 Å². The molecule has 36 heavy (non-hydrogen) atoms. The van der Waals surface area contributed by atoms with Gasteiger partial charge in [-0.05, 0) is 42.5 Å². The summed E-state index contributed by atoms with van der Waals surface area (Å²) in [5.74, 6) is 0.145. The second-order valence-electron chi connectivity index (χ2n) is 8.23. The number of hydrogen-bond acceptors (Lipinski definition) is 4. The van der Waals surface area contributed by atoms with Crippen LogP contribution in [0.15, 0.2) is 65.1 Å². The van der Waals surface area contributed by atoms with Gasteiger partial charge in [0, 0.05) is 44.7 Å². The van der Waals surface area contributed by atoms with Crippen molar-refractivity contribution in [1.29, 1.82) is 0 Å². The van der Waals surface area contributed by atoms with Crippen LogP contribution in [0.5, 0.6) is 0 Å². The number of para-hydroxylation sites is 1. The minimum Gasteiger partial charge on any atom is -0.457 e. The Balaban J connectivity index is 1.45. The maximum absolute atomic E-state index is 13.0. The van der Waals surface area contributed by atoms with Gasteiger partial charge in [0.2, 0.25) is 11.8 Å². The number of halogens is 4. The van der Waals surface area contributed by atoms with Crippen molar-refractivity contribution in [2.24, 2.45) is 0 Å². The summed E-state index contributed by atoms with van der Waals surface area (Å²) in [4.78, 5) is 28.0. The third-order valence-corrected chi connectivity index (χ3v) is 6.09. The van der Waals surface area contributed by atoms with E-state index in [0.29, 0.717) is 48.3 Å². The molecule has 0 unspecified atom stereocenters. The molecule has 3 aromatic rings. The van der Waals surface area contributed by atoms with Crippen LogP contribution in [0.25, 0.3) is 17.4 Å². The van der Waals surface area contributed by atoms with Crippen LogP contribution in [0.1, 0.15) is 18.2 Å². The molecule has 0 spiro atoms. The molecule has 0 atom stereocenters. The molecule has 1 aliphatic rings. The van der Waals surface area contributed by atoms with Crippen LogP contribution in [0.3, 0.4) is 0 Å². The van der Waals surface area contributed by atoms with Gasteiger partial charge in [0.05, 0.1) is 22.0 Å². The summed E-state index contributed by atoms with van der Waals surface area (Å²) < 4.78 is 44.6. The minimum absolute atomic E-state index is 0.0154. The zero-order chi connectivity index (χ0) is 25.9. The number of anilines is 2. The first-order valence-corrected chi connectivity index (χ1v) is 11.5. The lowest BCUT2D eigenvalue weighted by atomic mass is 10.1. The van der Waals surface area contributed by atoms with E-state index >= 15 is 0 Å². The van der Waals surface area contributed by atoms with Crippen molar-refractivity contribution in [3.8, 4) is 11.3 Å². The third-order valence-electron chi connectivity index (χ3n) is 5.79. The molecule has 1 saturated heterocycles. The van der Waals surface area contributed by atoms with Crippen molar-refractivity contribution in [2.45, 2.75) is 13.1 Å². The minimum atomic E-state index is -4.45. The number of hydrogen-bond donors (Lipinski definition) is 1. The molecule has 188 valence electrons. The molecule has 2 amide bonds. The Morgan fingerprint density at radius 3 is 2.44 bits per heavy atom. The van der Waals surface area contributed by atoms with Crippen LogP contribution >= 0.6 is 11.6 Å². The van der Waals surface area contributed by atoms with Gasteiger partial charge in [0.15, 0.2) is 0 Å². The van der Waals surface area contributed by atoms with Crippen molar-refractivity contribution in [2.75, 3.05) is 36.4 Å². The fourth-order valence-electron chi connectivity index (χ4n) is 3.96. The lowest BCUT2D eigenvalue weighted by Gasteiger charge is -2.36. The van der Waals surface area contributed by atoms with E-state index in [4.69, 9.17) is 16.0 Å². The molecule has 1 aromatic heterocycles. The van der Waals surface area contributed by atoms with E-state index < -0.39 is 17.6 Å². The number of piperazine rings is 1.